The summed E-state index contributed by atoms with van der Waals surface area (Å²) in [7, 11) is 7.70. The van der Waals surface area contributed by atoms with Crippen LogP contribution in [0.3, 0.4) is 0 Å². The molecule has 1 aromatic heterocycles. The molecular formula is C20H21NO6S. The molecule has 1 N–H and O–H groups in total. The van der Waals surface area contributed by atoms with Crippen molar-refractivity contribution in [2.75, 3.05) is 35.5 Å². The Morgan fingerprint density at radius 1 is 0.750 bits per heavy atom. The zero-order valence-electron chi connectivity index (χ0n) is 16.2. The lowest BCUT2D eigenvalue weighted by molar-refractivity contribution is 0.306. The van der Waals surface area contributed by atoms with E-state index in [9.17, 15) is 5.11 Å². The van der Waals surface area contributed by atoms with Crippen molar-refractivity contribution in [1.82, 2.24) is 4.37 Å². The van der Waals surface area contributed by atoms with Crippen LogP contribution in [0, 0.1) is 0 Å². The Kier molecular flexibility index (Phi) is 5.79. The fourth-order valence-electron chi connectivity index (χ4n) is 3.00. The molecule has 0 amide bonds. The summed E-state index contributed by atoms with van der Waals surface area (Å²) in [6, 6.07) is 7.03. The minimum Gasteiger partial charge on any atom is -0.504 e. The number of methoxy groups -OCH3 is 5. The molecule has 148 valence electrons. The molecule has 3 rings (SSSR count). The van der Waals surface area contributed by atoms with E-state index in [0.29, 0.717) is 28.7 Å². The first-order valence-electron chi connectivity index (χ1n) is 8.28. The zero-order chi connectivity index (χ0) is 20.3. The van der Waals surface area contributed by atoms with Gasteiger partial charge in [-0.3, -0.25) is 0 Å². The maximum atomic E-state index is 10.2. The molecule has 2 aromatic carbocycles. The summed E-state index contributed by atoms with van der Waals surface area (Å²) in [4.78, 5) is 0.852. The quantitative estimate of drug-likeness (QED) is 0.632. The van der Waals surface area contributed by atoms with Gasteiger partial charge in [0.1, 0.15) is 0 Å². The van der Waals surface area contributed by atoms with Crippen molar-refractivity contribution in [2.45, 2.75) is 0 Å². The molecule has 28 heavy (non-hydrogen) atoms. The number of hydrogen-bond acceptors (Lipinski definition) is 8. The van der Waals surface area contributed by atoms with Crippen molar-refractivity contribution in [3.8, 4) is 56.1 Å². The monoisotopic (exact) mass is 403 g/mol. The molecule has 7 nitrogen and oxygen atoms in total. The lowest BCUT2D eigenvalue weighted by Crippen LogP contribution is -2.00. The molecule has 8 heteroatoms. The van der Waals surface area contributed by atoms with E-state index >= 15 is 0 Å². The third kappa shape index (κ3) is 3.27. The lowest BCUT2D eigenvalue weighted by Gasteiger charge is -2.18. The second-order valence-electron chi connectivity index (χ2n) is 5.68. The second-order valence-corrected chi connectivity index (χ2v) is 6.48. The van der Waals surface area contributed by atoms with Crippen LogP contribution in [-0.4, -0.2) is 45.0 Å². The molecule has 0 atom stereocenters. The highest BCUT2D eigenvalue weighted by molar-refractivity contribution is 7.10. The number of aromatic hydroxyl groups is 1. The van der Waals surface area contributed by atoms with Crippen LogP contribution in [0.2, 0.25) is 0 Å². The van der Waals surface area contributed by atoms with Gasteiger partial charge >= 0.3 is 0 Å². The van der Waals surface area contributed by atoms with Gasteiger partial charge in [-0.2, -0.15) is 4.37 Å². The molecule has 0 aliphatic rings. The molecule has 0 unspecified atom stereocenters. The Morgan fingerprint density at radius 2 is 1.43 bits per heavy atom. The number of nitrogens with zero attached hydrogens (tertiary/aromatic N) is 1. The SMILES string of the molecule is COc1ccc(-c2sncc2-c2cc(OC)c(OC)c(OC)c2OC)cc1O. The van der Waals surface area contributed by atoms with Crippen molar-refractivity contribution >= 4 is 11.5 Å². The van der Waals surface area contributed by atoms with E-state index in [1.807, 2.05) is 12.1 Å². The van der Waals surface area contributed by atoms with Crippen molar-refractivity contribution in [3.63, 3.8) is 0 Å². The van der Waals surface area contributed by atoms with Crippen LogP contribution in [0.25, 0.3) is 21.6 Å². The van der Waals surface area contributed by atoms with E-state index in [1.54, 1.807) is 32.5 Å². The zero-order valence-corrected chi connectivity index (χ0v) is 17.0. The van der Waals surface area contributed by atoms with E-state index < -0.39 is 0 Å². The van der Waals surface area contributed by atoms with Gasteiger partial charge in [-0.1, -0.05) is 0 Å². The molecule has 0 radical (unpaired) electrons. The number of aromatic nitrogens is 1. The molecule has 0 saturated carbocycles. The van der Waals surface area contributed by atoms with Crippen LogP contribution in [-0.2, 0) is 0 Å². The number of ether oxygens (including phenoxy) is 5. The van der Waals surface area contributed by atoms with Crippen molar-refractivity contribution in [2.24, 2.45) is 0 Å². The van der Waals surface area contributed by atoms with Gasteiger partial charge in [0.05, 0.1) is 40.4 Å². The van der Waals surface area contributed by atoms with Crippen LogP contribution in [0.4, 0.5) is 0 Å². The Bertz CT molecular complexity index is 985. The predicted octanol–water partition coefficient (Wildman–Crippen LogP) is 4.23. The normalized spacial score (nSPS) is 10.5. The van der Waals surface area contributed by atoms with E-state index in [1.165, 1.54) is 32.9 Å². The van der Waals surface area contributed by atoms with Crippen LogP contribution in [0.15, 0.2) is 30.5 Å². The second kappa shape index (κ2) is 8.26. The van der Waals surface area contributed by atoms with Gasteiger partial charge in [0.25, 0.3) is 0 Å². The summed E-state index contributed by atoms with van der Waals surface area (Å²) < 4.78 is 31.5. The fourth-order valence-corrected chi connectivity index (χ4v) is 3.76. The smallest absolute Gasteiger partial charge is 0.207 e. The number of hydrogen-bond donors (Lipinski definition) is 1. The molecule has 0 saturated heterocycles. The third-order valence-corrected chi connectivity index (χ3v) is 5.14. The van der Waals surface area contributed by atoms with Crippen LogP contribution in [0.5, 0.6) is 34.5 Å². The maximum absolute atomic E-state index is 10.2. The van der Waals surface area contributed by atoms with Gasteiger partial charge in [0, 0.05) is 17.3 Å². The summed E-state index contributed by atoms with van der Waals surface area (Å²) in [6.45, 7) is 0. The van der Waals surface area contributed by atoms with Gasteiger partial charge in [-0.25, -0.2) is 0 Å². The van der Waals surface area contributed by atoms with Crippen LogP contribution in [0.1, 0.15) is 0 Å². The number of phenolic OH excluding ortho intramolecular Hbond substituents is 1. The summed E-state index contributed by atoms with van der Waals surface area (Å²) in [5, 5.41) is 10.2. The fraction of sp³-hybridized carbons (Fsp3) is 0.250. The van der Waals surface area contributed by atoms with Crippen molar-refractivity contribution in [3.05, 3.63) is 30.5 Å². The first-order valence-corrected chi connectivity index (χ1v) is 9.06. The minimum absolute atomic E-state index is 0.0520. The first-order chi connectivity index (χ1) is 13.6. The largest absolute Gasteiger partial charge is 0.504 e. The molecule has 0 bridgehead atoms. The number of benzene rings is 2. The summed E-state index contributed by atoms with van der Waals surface area (Å²) >= 11 is 1.31. The topological polar surface area (TPSA) is 79.3 Å². The molecule has 3 aromatic rings. The average Bonchev–Trinajstić information content (AvgIpc) is 3.21. The van der Waals surface area contributed by atoms with Gasteiger partial charge in [0.2, 0.25) is 11.5 Å². The Morgan fingerprint density at radius 3 is 2.00 bits per heavy atom. The molecule has 0 fully saturated rings. The van der Waals surface area contributed by atoms with Gasteiger partial charge in [-0.05, 0) is 41.4 Å². The lowest BCUT2D eigenvalue weighted by atomic mass is 10.0. The van der Waals surface area contributed by atoms with E-state index in [4.69, 9.17) is 23.7 Å². The van der Waals surface area contributed by atoms with Gasteiger partial charge in [0.15, 0.2) is 23.0 Å². The minimum atomic E-state index is 0.0520. The standard InChI is InChI=1S/C20H21NO6S/c1-23-15-7-6-11(8-14(15)22)20-13(10-21-28-20)12-9-16(24-2)18(26-4)19(27-5)17(12)25-3/h6-10,22H,1-5H3. The summed E-state index contributed by atoms with van der Waals surface area (Å²) in [5.74, 6) is 2.33. The highest BCUT2D eigenvalue weighted by Gasteiger charge is 2.25. The Labute approximate surface area is 167 Å². The van der Waals surface area contributed by atoms with Crippen LogP contribution < -0.4 is 23.7 Å². The van der Waals surface area contributed by atoms with E-state index in [-0.39, 0.29) is 5.75 Å². The maximum Gasteiger partial charge on any atom is 0.207 e. The first kappa shape index (κ1) is 19.6. The molecule has 1 heterocycles. The molecule has 0 aliphatic heterocycles. The van der Waals surface area contributed by atoms with E-state index in [0.717, 1.165) is 21.6 Å². The summed E-state index contributed by atoms with van der Waals surface area (Å²) in [5.41, 5.74) is 2.34. The van der Waals surface area contributed by atoms with Gasteiger partial charge < -0.3 is 28.8 Å². The number of rotatable bonds is 7. The highest BCUT2D eigenvalue weighted by atomic mass is 32.1. The number of phenols is 1. The highest BCUT2D eigenvalue weighted by Crippen LogP contribution is 2.52. The van der Waals surface area contributed by atoms with Crippen molar-refractivity contribution < 1.29 is 28.8 Å². The molecular weight excluding hydrogens is 382 g/mol. The average molecular weight is 403 g/mol. The third-order valence-electron chi connectivity index (χ3n) is 4.29. The van der Waals surface area contributed by atoms with Crippen LogP contribution >= 0.6 is 11.5 Å². The molecule has 0 aliphatic carbocycles. The van der Waals surface area contributed by atoms with Crippen molar-refractivity contribution in [1.29, 1.82) is 0 Å². The molecule has 0 spiro atoms. The Hall–Kier alpha value is -3.13. The predicted molar refractivity (Wildman–Crippen MR) is 107 cm³/mol. The Balaban J connectivity index is 2.24. The summed E-state index contributed by atoms with van der Waals surface area (Å²) in [6.07, 6.45) is 1.74. The van der Waals surface area contributed by atoms with E-state index in [2.05, 4.69) is 4.37 Å². The van der Waals surface area contributed by atoms with Gasteiger partial charge in [-0.15, -0.1) is 0 Å².